The molecule has 1 saturated heterocycles. The smallest absolute Gasteiger partial charge is 0.134 e. The summed E-state index contributed by atoms with van der Waals surface area (Å²) >= 11 is 1.76. The first kappa shape index (κ1) is 15.6. The molecule has 2 fully saturated rings. The number of thiazole rings is 1. The van der Waals surface area contributed by atoms with Gasteiger partial charge in [-0.05, 0) is 43.8 Å². The van der Waals surface area contributed by atoms with Crippen molar-refractivity contribution in [2.45, 2.75) is 38.4 Å². The number of nitrogens with one attached hydrogen (secondary N) is 1. The molecular weight excluding hydrogens is 330 g/mol. The van der Waals surface area contributed by atoms with E-state index in [9.17, 15) is 0 Å². The summed E-state index contributed by atoms with van der Waals surface area (Å²) in [6, 6.07) is 9.02. The summed E-state index contributed by atoms with van der Waals surface area (Å²) in [5.41, 5.74) is 2.81. The van der Waals surface area contributed by atoms with Crippen molar-refractivity contribution in [2.75, 3.05) is 13.1 Å². The monoisotopic (exact) mass is 353 g/mol. The third-order valence-corrected chi connectivity index (χ3v) is 6.71. The fourth-order valence-corrected chi connectivity index (χ4v) is 5.10. The lowest BCUT2D eigenvalue weighted by Crippen LogP contribution is -2.35. The largest absolute Gasteiger partial charge is 0.464 e. The second-order valence-corrected chi connectivity index (χ2v) is 8.40. The minimum Gasteiger partial charge on any atom is -0.464 e. The summed E-state index contributed by atoms with van der Waals surface area (Å²) in [7, 11) is 0. The van der Waals surface area contributed by atoms with E-state index in [1.807, 2.05) is 18.5 Å². The van der Waals surface area contributed by atoms with Gasteiger partial charge in [-0.2, -0.15) is 0 Å². The minimum absolute atomic E-state index is 0.530. The minimum atomic E-state index is 0.530. The van der Waals surface area contributed by atoms with Gasteiger partial charge >= 0.3 is 0 Å². The van der Waals surface area contributed by atoms with E-state index in [1.165, 1.54) is 35.2 Å². The van der Waals surface area contributed by atoms with Gasteiger partial charge in [-0.15, -0.1) is 11.3 Å². The number of rotatable bonds is 5. The van der Waals surface area contributed by atoms with Gasteiger partial charge in [-0.3, -0.25) is 4.90 Å². The summed E-state index contributed by atoms with van der Waals surface area (Å²) in [6.07, 6.45) is 7.79. The maximum absolute atomic E-state index is 5.77. The molecule has 1 atom stereocenters. The van der Waals surface area contributed by atoms with E-state index in [0.29, 0.717) is 11.5 Å². The molecular formula is C20H23N3OS. The number of para-hydroxylation sites is 1. The topological polar surface area (TPSA) is 41.3 Å². The number of nitrogens with zero attached hydrogens (tertiary/aromatic N) is 2. The van der Waals surface area contributed by atoms with Gasteiger partial charge in [-0.1, -0.05) is 18.2 Å². The number of piperidine rings is 1. The van der Waals surface area contributed by atoms with Gasteiger partial charge < -0.3 is 9.73 Å². The molecule has 0 unspecified atom stereocenters. The normalized spacial score (nSPS) is 22.0. The predicted molar refractivity (Wildman–Crippen MR) is 101 cm³/mol. The van der Waals surface area contributed by atoms with Crippen molar-refractivity contribution in [2.24, 2.45) is 5.41 Å². The zero-order valence-corrected chi connectivity index (χ0v) is 15.1. The Balaban J connectivity index is 1.41. The lowest BCUT2D eigenvalue weighted by atomic mass is 9.93. The molecule has 1 spiro atoms. The molecule has 1 saturated carbocycles. The lowest BCUT2D eigenvalue weighted by molar-refractivity contribution is 0.188. The van der Waals surface area contributed by atoms with Crippen LogP contribution in [0.25, 0.3) is 11.0 Å². The first-order valence-electron chi connectivity index (χ1n) is 9.12. The van der Waals surface area contributed by atoms with Crippen LogP contribution in [0.15, 0.2) is 46.5 Å². The van der Waals surface area contributed by atoms with Gasteiger partial charge in [0.2, 0.25) is 0 Å². The van der Waals surface area contributed by atoms with Crippen LogP contribution in [0.5, 0.6) is 0 Å². The molecule has 130 valence electrons. The average Bonchev–Trinajstić information content (AvgIpc) is 3.03. The fraction of sp³-hybridized carbons (Fsp3) is 0.450. The molecule has 3 aromatic rings. The van der Waals surface area contributed by atoms with Gasteiger partial charge in [0.1, 0.15) is 10.6 Å². The molecule has 5 heteroatoms. The zero-order valence-electron chi connectivity index (χ0n) is 14.3. The Morgan fingerprint density at radius 1 is 1.24 bits per heavy atom. The second-order valence-electron chi connectivity index (χ2n) is 7.42. The van der Waals surface area contributed by atoms with Crippen LogP contribution in [0.4, 0.5) is 0 Å². The zero-order chi connectivity index (χ0) is 16.7. The molecule has 1 aromatic carbocycles. The van der Waals surface area contributed by atoms with Crippen molar-refractivity contribution in [1.29, 1.82) is 0 Å². The molecule has 2 aromatic heterocycles. The summed E-state index contributed by atoms with van der Waals surface area (Å²) in [5.74, 6) is 0. The van der Waals surface area contributed by atoms with E-state index in [1.54, 1.807) is 11.3 Å². The lowest BCUT2D eigenvalue weighted by Gasteiger charge is -2.29. The molecule has 0 bridgehead atoms. The van der Waals surface area contributed by atoms with Crippen molar-refractivity contribution < 1.29 is 4.42 Å². The summed E-state index contributed by atoms with van der Waals surface area (Å²) < 4.78 is 5.77. The van der Waals surface area contributed by atoms with E-state index in [-0.39, 0.29) is 0 Å². The van der Waals surface area contributed by atoms with Crippen molar-refractivity contribution in [3.63, 3.8) is 0 Å². The number of aromatic nitrogens is 1. The number of hydrogen-bond acceptors (Lipinski definition) is 5. The highest BCUT2D eigenvalue weighted by Gasteiger charge is 2.56. The Bertz CT molecular complexity index is 851. The quantitative estimate of drug-likeness (QED) is 0.752. The van der Waals surface area contributed by atoms with E-state index in [2.05, 4.69) is 38.8 Å². The van der Waals surface area contributed by atoms with Crippen LogP contribution in [-0.4, -0.2) is 29.0 Å². The van der Waals surface area contributed by atoms with Crippen molar-refractivity contribution in [3.8, 4) is 0 Å². The van der Waals surface area contributed by atoms with Gasteiger partial charge in [0.15, 0.2) is 0 Å². The van der Waals surface area contributed by atoms with Crippen LogP contribution in [0, 0.1) is 5.41 Å². The van der Waals surface area contributed by atoms with Crippen LogP contribution in [0.1, 0.15) is 29.8 Å². The number of benzene rings is 1. The standard InChI is InChI=1S/C20H23N3OS/c1-2-4-17-16(3-1)15(14-24-17)12-23(13-19-22-9-10-25-19)18-11-20(18)5-7-21-8-6-20/h1-4,9-10,14,18,21H,5-8,11-13H2/t18-/m1/s1. The Morgan fingerprint density at radius 2 is 2.12 bits per heavy atom. The highest BCUT2D eigenvalue weighted by atomic mass is 32.1. The van der Waals surface area contributed by atoms with E-state index >= 15 is 0 Å². The molecule has 0 radical (unpaired) electrons. The Labute approximate surface area is 151 Å². The van der Waals surface area contributed by atoms with E-state index < -0.39 is 0 Å². The second kappa shape index (κ2) is 6.24. The Morgan fingerprint density at radius 3 is 2.96 bits per heavy atom. The number of hydrogen-bond donors (Lipinski definition) is 1. The number of fused-ring (bicyclic) bond motifs is 1. The van der Waals surface area contributed by atoms with Crippen LogP contribution < -0.4 is 5.32 Å². The van der Waals surface area contributed by atoms with Gasteiger partial charge in [0, 0.05) is 35.1 Å². The molecule has 4 nitrogen and oxygen atoms in total. The maximum atomic E-state index is 5.77. The van der Waals surface area contributed by atoms with Crippen LogP contribution in [-0.2, 0) is 13.1 Å². The number of furan rings is 1. The molecule has 3 heterocycles. The molecule has 2 aliphatic rings. The van der Waals surface area contributed by atoms with Crippen molar-refractivity contribution in [1.82, 2.24) is 15.2 Å². The first-order valence-corrected chi connectivity index (χ1v) is 10.0. The van der Waals surface area contributed by atoms with Crippen LogP contribution in [0.3, 0.4) is 0 Å². The molecule has 0 amide bonds. The fourth-order valence-electron chi connectivity index (χ4n) is 4.46. The maximum Gasteiger partial charge on any atom is 0.134 e. The molecule has 1 N–H and O–H groups in total. The third-order valence-electron chi connectivity index (χ3n) is 5.94. The highest BCUT2D eigenvalue weighted by molar-refractivity contribution is 7.09. The average molecular weight is 353 g/mol. The first-order chi connectivity index (χ1) is 12.3. The van der Waals surface area contributed by atoms with Crippen molar-refractivity contribution >= 4 is 22.3 Å². The SMILES string of the molecule is c1ccc2c(CN(Cc3nccs3)[C@@H]3CC34CCNCC4)coc2c1. The van der Waals surface area contributed by atoms with Gasteiger partial charge in [0.05, 0.1) is 12.8 Å². The van der Waals surface area contributed by atoms with E-state index in [4.69, 9.17) is 4.42 Å². The van der Waals surface area contributed by atoms with E-state index in [0.717, 1.165) is 31.8 Å². The Hall–Kier alpha value is -1.69. The van der Waals surface area contributed by atoms with Crippen LogP contribution in [0.2, 0.25) is 0 Å². The third kappa shape index (κ3) is 2.90. The van der Waals surface area contributed by atoms with Crippen LogP contribution >= 0.6 is 11.3 Å². The van der Waals surface area contributed by atoms with Gasteiger partial charge in [0.25, 0.3) is 0 Å². The molecule has 25 heavy (non-hydrogen) atoms. The summed E-state index contributed by atoms with van der Waals surface area (Å²) in [5, 5.41) is 8.04. The highest BCUT2D eigenvalue weighted by Crippen LogP contribution is 2.56. The molecule has 5 rings (SSSR count). The van der Waals surface area contributed by atoms with Crippen molar-refractivity contribution in [3.05, 3.63) is 52.7 Å². The predicted octanol–water partition coefficient (Wildman–Crippen LogP) is 4.03. The molecule has 1 aliphatic heterocycles. The summed E-state index contributed by atoms with van der Waals surface area (Å²) in [4.78, 5) is 7.17. The molecule has 1 aliphatic carbocycles. The summed E-state index contributed by atoms with van der Waals surface area (Å²) in [6.45, 7) is 4.21. The van der Waals surface area contributed by atoms with Gasteiger partial charge in [-0.25, -0.2) is 4.98 Å². The Kier molecular flexibility index (Phi) is 3.88.